The Morgan fingerprint density at radius 3 is 2.82 bits per heavy atom. The number of nitrogens with zero attached hydrogens (tertiary/aromatic N) is 5. The Balaban J connectivity index is 1.34. The smallest absolute Gasteiger partial charge is 0.253 e. The number of furan rings is 2. The minimum atomic E-state index is -0.400. The number of para-hydroxylation sites is 1. The highest BCUT2D eigenvalue weighted by molar-refractivity contribution is 7.99. The SMILES string of the molecule is Cn1c(CCC(N)=O)nnc1SCC(=O)N1N=C(c2cc3ccccc3o2)CC1c1ccco1. The molecular formula is C23H22N6O4S. The van der Waals surface area contributed by atoms with E-state index in [0.717, 1.165) is 11.0 Å². The van der Waals surface area contributed by atoms with Gasteiger partial charge in [-0.15, -0.1) is 10.2 Å². The Morgan fingerprint density at radius 1 is 1.21 bits per heavy atom. The first-order valence-corrected chi connectivity index (χ1v) is 11.7. The van der Waals surface area contributed by atoms with Crippen LogP contribution >= 0.6 is 11.8 Å². The Morgan fingerprint density at radius 2 is 2.06 bits per heavy atom. The van der Waals surface area contributed by atoms with Crippen molar-refractivity contribution in [1.82, 2.24) is 19.8 Å². The Hall–Kier alpha value is -3.86. The monoisotopic (exact) mass is 478 g/mol. The first kappa shape index (κ1) is 22.0. The minimum absolute atomic E-state index is 0.107. The number of benzene rings is 1. The van der Waals surface area contributed by atoms with Gasteiger partial charge in [0.2, 0.25) is 5.91 Å². The zero-order chi connectivity index (χ0) is 23.7. The van der Waals surface area contributed by atoms with Crippen LogP contribution in [0, 0.1) is 0 Å². The summed E-state index contributed by atoms with van der Waals surface area (Å²) < 4.78 is 13.3. The van der Waals surface area contributed by atoms with Crippen LogP contribution in [0.1, 0.15) is 36.2 Å². The number of primary amides is 1. The van der Waals surface area contributed by atoms with Gasteiger partial charge in [-0.1, -0.05) is 30.0 Å². The van der Waals surface area contributed by atoms with E-state index in [0.29, 0.717) is 41.1 Å². The molecule has 2 amide bonds. The van der Waals surface area contributed by atoms with Crippen molar-refractivity contribution in [3.63, 3.8) is 0 Å². The number of hydrazone groups is 1. The van der Waals surface area contributed by atoms with Gasteiger partial charge in [-0.2, -0.15) is 5.10 Å². The van der Waals surface area contributed by atoms with E-state index in [2.05, 4.69) is 15.3 Å². The number of thioether (sulfide) groups is 1. The highest BCUT2D eigenvalue weighted by atomic mass is 32.2. The van der Waals surface area contributed by atoms with Crippen LogP contribution in [-0.2, 0) is 23.1 Å². The number of aromatic nitrogens is 3. The van der Waals surface area contributed by atoms with E-state index in [9.17, 15) is 9.59 Å². The predicted octanol–water partition coefficient (Wildman–Crippen LogP) is 3.04. The summed E-state index contributed by atoms with van der Waals surface area (Å²) in [6, 6.07) is 12.9. The van der Waals surface area contributed by atoms with E-state index in [1.54, 1.807) is 23.9 Å². The number of rotatable bonds is 8. The molecule has 0 aliphatic carbocycles. The van der Waals surface area contributed by atoms with Gasteiger partial charge in [-0.25, -0.2) is 5.01 Å². The number of amides is 2. The molecule has 4 heterocycles. The van der Waals surface area contributed by atoms with Crippen LogP contribution in [-0.4, -0.2) is 43.1 Å². The topological polar surface area (TPSA) is 133 Å². The van der Waals surface area contributed by atoms with Crippen LogP contribution < -0.4 is 5.73 Å². The van der Waals surface area contributed by atoms with E-state index >= 15 is 0 Å². The van der Waals surface area contributed by atoms with Gasteiger partial charge in [0.15, 0.2) is 10.9 Å². The lowest BCUT2D eigenvalue weighted by molar-refractivity contribution is -0.130. The molecule has 1 aliphatic rings. The molecule has 3 aromatic heterocycles. The van der Waals surface area contributed by atoms with Gasteiger partial charge >= 0.3 is 0 Å². The van der Waals surface area contributed by atoms with Gasteiger partial charge in [-0.05, 0) is 24.3 Å². The molecule has 0 saturated heterocycles. The second-order valence-corrected chi connectivity index (χ2v) is 8.82. The Kier molecular flexibility index (Phi) is 5.93. The van der Waals surface area contributed by atoms with E-state index in [1.807, 2.05) is 36.4 Å². The van der Waals surface area contributed by atoms with Crippen LogP contribution in [0.5, 0.6) is 0 Å². The van der Waals surface area contributed by atoms with E-state index < -0.39 is 5.91 Å². The van der Waals surface area contributed by atoms with Gasteiger partial charge in [0.05, 0.1) is 12.0 Å². The van der Waals surface area contributed by atoms with Gasteiger partial charge in [0.1, 0.15) is 28.9 Å². The quantitative estimate of drug-likeness (QED) is 0.385. The second-order valence-electron chi connectivity index (χ2n) is 7.88. The Labute approximate surface area is 198 Å². The molecule has 0 fully saturated rings. The molecule has 5 rings (SSSR count). The third-order valence-electron chi connectivity index (χ3n) is 5.59. The lowest BCUT2D eigenvalue weighted by Crippen LogP contribution is -2.28. The molecule has 0 saturated carbocycles. The average Bonchev–Trinajstić information content (AvgIpc) is 3.62. The normalized spacial score (nSPS) is 15.7. The van der Waals surface area contributed by atoms with Crippen molar-refractivity contribution in [1.29, 1.82) is 0 Å². The van der Waals surface area contributed by atoms with Crippen LogP contribution in [0.15, 0.2) is 67.8 Å². The van der Waals surface area contributed by atoms with Crippen molar-refractivity contribution in [2.24, 2.45) is 17.9 Å². The molecule has 1 atom stereocenters. The fraction of sp³-hybridized carbons (Fsp3) is 0.261. The summed E-state index contributed by atoms with van der Waals surface area (Å²) in [5, 5.41) is 15.9. The molecule has 0 bridgehead atoms. The van der Waals surface area contributed by atoms with Crippen molar-refractivity contribution >= 4 is 40.3 Å². The Bertz CT molecular complexity index is 1340. The summed E-state index contributed by atoms with van der Waals surface area (Å²) in [4.78, 5) is 24.3. The molecule has 11 heteroatoms. The number of aryl methyl sites for hydroxylation is 1. The molecule has 174 valence electrons. The van der Waals surface area contributed by atoms with Crippen molar-refractivity contribution in [2.75, 3.05) is 5.75 Å². The third-order valence-corrected chi connectivity index (χ3v) is 6.60. The summed E-state index contributed by atoms with van der Waals surface area (Å²) in [6.45, 7) is 0. The molecule has 1 aliphatic heterocycles. The van der Waals surface area contributed by atoms with Crippen molar-refractivity contribution in [2.45, 2.75) is 30.5 Å². The molecule has 1 unspecified atom stereocenters. The van der Waals surface area contributed by atoms with E-state index in [4.69, 9.17) is 14.6 Å². The molecular weight excluding hydrogens is 456 g/mol. The first-order valence-electron chi connectivity index (χ1n) is 10.7. The fourth-order valence-corrected chi connectivity index (χ4v) is 4.61. The maximum absolute atomic E-state index is 13.2. The average molecular weight is 479 g/mol. The van der Waals surface area contributed by atoms with Gasteiger partial charge in [-0.3, -0.25) is 9.59 Å². The van der Waals surface area contributed by atoms with Gasteiger partial charge in [0.25, 0.3) is 5.91 Å². The zero-order valence-corrected chi connectivity index (χ0v) is 19.2. The van der Waals surface area contributed by atoms with E-state index in [1.165, 1.54) is 16.8 Å². The lowest BCUT2D eigenvalue weighted by atomic mass is 10.1. The van der Waals surface area contributed by atoms with Crippen molar-refractivity contribution < 1.29 is 18.4 Å². The number of carbonyl (C=O) groups is 2. The number of hydrogen-bond acceptors (Lipinski definition) is 8. The van der Waals surface area contributed by atoms with Crippen LogP contribution in [0.3, 0.4) is 0 Å². The maximum Gasteiger partial charge on any atom is 0.253 e. The molecule has 2 N–H and O–H groups in total. The second kappa shape index (κ2) is 9.18. The lowest BCUT2D eigenvalue weighted by Gasteiger charge is -2.19. The molecule has 34 heavy (non-hydrogen) atoms. The van der Waals surface area contributed by atoms with Crippen LogP contribution in [0.4, 0.5) is 0 Å². The summed E-state index contributed by atoms with van der Waals surface area (Å²) in [5.41, 5.74) is 6.67. The van der Waals surface area contributed by atoms with Gasteiger partial charge < -0.3 is 19.1 Å². The van der Waals surface area contributed by atoms with Gasteiger partial charge in [0, 0.05) is 31.7 Å². The summed E-state index contributed by atoms with van der Waals surface area (Å²) in [6.07, 6.45) is 2.64. The molecule has 10 nitrogen and oxygen atoms in total. The summed E-state index contributed by atoms with van der Waals surface area (Å²) in [7, 11) is 1.79. The number of nitrogens with two attached hydrogens (primary N) is 1. The molecule has 4 aromatic rings. The number of carbonyl (C=O) groups excluding carboxylic acids is 2. The highest BCUT2D eigenvalue weighted by Gasteiger charge is 2.36. The van der Waals surface area contributed by atoms with E-state index in [-0.39, 0.29) is 24.1 Å². The maximum atomic E-state index is 13.2. The highest BCUT2D eigenvalue weighted by Crippen LogP contribution is 2.35. The first-order chi connectivity index (χ1) is 16.5. The van der Waals surface area contributed by atoms with Crippen molar-refractivity contribution in [3.05, 3.63) is 66.1 Å². The fourth-order valence-electron chi connectivity index (χ4n) is 3.83. The number of fused-ring (bicyclic) bond motifs is 1. The minimum Gasteiger partial charge on any atom is -0.467 e. The molecule has 0 spiro atoms. The predicted molar refractivity (Wildman–Crippen MR) is 125 cm³/mol. The zero-order valence-electron chi connectivity index (χ0n) is 18.4. The van der Waals surface area contributed by atoms with Crippen LogP contribution in [0.25, 0.3) is 11.0 Å². The molecule has 1 aromatic carbocycles. The molecule has 0 radical (unpaired) electrons. The van der Waals surface area contributed by atoms with Crippen LogP contribution in [0.2, 0.25) is 0 Å². The summed E-state index contributed by atoms with van der Waals surface area (Å²) in [5.74, 6) is 1.43. The number of hydrogen-bond donors (Lipinski definition) is 1. The summed E-state index contributed by atoms with van der Waals surface area (Å²) >= 11 is 1.26. The third kappa shape index (κ3) is 4.34. The largest absolute Gasteiger partial charge is 0.467 e. The van der Waals surface area contributed by atoms with Crippen molar-refractivity contribution in [3.8, 4) is 0 Å². The standard InChI is InChI=1S/C23H22N6O4S/c1-28-21(9-8-20(24)30)25-26-23(28)34-13-22(31)29-16(18-7-4-10-32-18)12-15(27-29)19-11-14-5-2-3-6-17(14)33-19/h2-7,10-11,16H,8-9,12-13H2,1H3,(H2,24,30).